The fraction of sp³-hybridized carbons (Fsp3) is 0.444. The Kier molecular flexibility index (Phi) is 5.04. The van der Waals surface area contributed by atoms with Gasteiger partial charge >= 0.3 is 0 Å². The van der Waals surface area contributed by atoms with Crippen LogP contribution in [0.2, 0.25) is 0 Å². The van der Waals surface area contributed by atoms with E-state index in [9.17, 15) is 8.78 Å². The first-order valence-corrected chi connectivity index (χ1v) is 8.31. The summed E-state index contributed by atoms with van der Waals surface area (Å²) in [5.74, 6) is -0.264. The molecule has 1 aliphatic rings. The quantitative estimate of drug-likeness (QED) is 0.860. The van der Waals surface area contributed by atoms with E-state index in [0.717, 1.165) is 50.2 Å². The van der Waals surface area contributed by atoms with Gasteiger partial charge in [-0.25, -0.2) is 18.7 Å². The molecule has 6 heteroatoms. The van der Waals surface area contributed by atoms with E-state index in [1.807, 2.05) is 26.2 Å². The Morgan fingerprint density at radius 1 is 1.08 bits per heavy atom. The highest BCUT2D eigenvalue weighted by Crippen LogP contribution is 2.28. The fourth-order valence-corrected chi connectivity index (χ4v) is 3.23. The predicted octanol–water partition coefficient (Wildman–Crippen LogP) is 3.34. The number of aryl methyl sites for hydroxylation is 1. The third-order valence-corrected chi connectivity index (χ3v) is 4.51. The van der Waals surface area contributed by atoms with E-state index in [4.69, 9.17) is 0 Å². The molecule has 1 aromatic heterocycles. The number of halogens is 2. The second kappa shape index (κ2) is 7.21. The Labute approximate surface area is 141 Å². The first-order chi connectivity index (χ1) is 11.6. The Hall–Kier alpha value is -2.08. The van der Waals surface area contributed by atoms with E-state index >= 15 is 0 Å². The van der Waals surface area contributed by atoms with Crippen LogP contribution in [0.15, 0.2) is 30.6 Å². The standard InChI is InChI=1S/C18H22F2N4/c1-3-17(15-5-4-14(19)10-16(15)20)23-6-8-24(9-7-23)18-21-11-13(2)12-22-18/h4-5,10-12,17H,3,6-9H2,1-2H3. The van der Waals surface area contributed by atoms with Crippen LogP contribution in [-0.4, -0.2) is 41.0 Å². The largest absolute Gasteiger partial charge is 0.338 e. The number of hydrogen-bond acceptors (Lipinski definition) is 4. The molecule has 0 spiro atoms. The number of piperazine rings is 1. The molecule has 24 heavy (non-hydrogen) atoms. The zero-order chi connectivity index (χ0) is 17.1. The molecule has 1 aliphatic heterocycles. The normalized spacial score (nSPS) is 17.1. The summed E-state index contributed by atoms with van der Waals surface area (Å²) < 4.78 is 27.3. The lowest BCUT2D eigenvalue weighted by Gasteiger charge is -2.39. The summed E-state index contributed by atoms with van der Waals surface area (Å²) >= 11 is 0. The van der Waals surface area contributed by atoms with Crippen molar-refractivity contribution in [2.75, 3.05) is 31.1 Å². The van der Waals surface area contributed by atoms with Gasteiger partial charge in [-0.15, -0.1) is 0 Å². The fourth-order valence-electron chi connectivity index (χ4n) is 3.23. The van der Waals surface area contributed by atoms with Crippen LogP contribution in [0.25, 0.3) is 0 Å². The van der Waals surface area contributed by atoms with E-state index in [2.05, 4.69) is 19.8 Å². The maximum atomic E-state index is 14.1. The number of aromatic nitrogens is 2. The van der Waals surface area contributed by atoms with Crippen molar-refractivity contribution < 1.29 is 8.78 Å². The van der Waals surface area contributed by atoms with Gasteiger partial charge in [-0.2, -0.15) is 0 Å². The molecule has 1 atom stereocenters. The molecule has 3 rings (SSSR count). The second-order valence-electron chi connectivity index (χ2n) is 6.17. The average Bonchev–Trinajstić information content (AvgIpc) is 2.59. The van der Waals surface area contributed by atoms with E-state index < -0.39 is 11.6 Å². The summed E-state index contributed by atoms with van der Waals surface area (Å²) in [7, 11) is 0. The Bertz CT molecular complexity index is 682. The van der Waals surface area contributed by atoms with Crippen molar-refractivity contribution >= 4 is 5.95 Å². The predicted molar refractivity (Wildman–Crippen MR) is 89.9 cm³/mol. The minimum absolute atomic E-state index is 0.0355. The summed E-state index contributed by atoms with van der Waals surface area (Å²) in [6, 6.07) is 3.83. The van der Waals surface area contributed by atoms with Crippen LogP contribution in [0.3, 0.4) is 0 Å². The van der Waals surface area contributed by atoms with E-state index in [0.29, 0.717) is 5.56 Å². The number of anilines is 1. The van der Waals surface area contributed by atoms with E-state index in [1.165, 1.54) is 6.07 Å². The Morgan fingerprint density at radius 3 is 2.33 bits per heavy atom. The van der Waals surface area contributed by atoms with Crippen LogP contribution in [0.1, 0.15) is 30.5 Å². The van der Waals surface area contributed by atoms with Crippen LogP contribution in [0.4, 0.5) is 14.7 Å². The van der Waals surface area contributed by atoms with Crippen LogP contribution >= 0.6 is 0 Å². The molecule has 128 valence electrons. The van der Waals surface area contributed by atoms with Gasteiger partial charge < -0.3 is 4.90 Å². The first kappa shape index (κ1) is 16.8. The van der Waals surface area contributed by atoms with Crippen molar-refractivity contribution in [3.63, 3.8) is 0 Å². The Morgan fingerprint density at radius 2 is 1.75 bits per heavy atom. The topological polar surface area (TPSA) is 32.3 Å². The first-order valence-electron chi connectivity index (χ1n) is 8.31. The van der Waals surface area contributed by atoms with Gasteiger partial charge in [0.15, 0.2) is 0 Å². The van der Waals surface area contributed by atoms with Crippen molar-refractivity contribution in [1.82, 2.24) is 14.9 Å². The molecule has 0 N–H and O–H groups in total. The van der Waals surface area contributed by atoms with Crippen molar-refractivity contribution in [2.45, 2.75) is 26.3 Å². The highest BCUT2D eigenvalue weighted by atomic mass is 19.1. The highest BCUT2D eigenvalue weighted by Gasteiger charge is 2.26. The number of benzene rings is 1. The maximum absolute atomic E-state index is 14.1. The lowest BCUT2D eigenvalue weighted by Crippen LogP contribution is -2.48. The number of nitrogens with zero attached hydrogens (tertiary/aromatic N) is 4. The molecular weight excluding hydrogens is 310 g/mol. The van der Waals surface area contributed by atoms with Crippen LogP contribution < -0.4 is 4.90 Å². The SMILES string of the molecule is CCC(c1ccc(F)cc1F)N1CCN(c2ncc(C)cn2)CC1. The second-order valence-corrected chi connectivity index (χ2v) is 6.17. The van der Waals surface area contributed by atoms with Crippen molar-refractivity contribution in [3.05, 3.63) is 53.4 Å². The average molecular weight is 332 g/mol. The third-order valence-electron chi connectivity index (χ3n) is 4.51. The minimum atomic E-state index is -0.535. The Balaban J connectivity index is 1.69. The van der Waals surface area contributed by atoms with Crippen molar-refractivity contribution in [2.24, 2.45) is 0 Å². The zero-order valence-electron chi connectivity index (χ0n) is 14.0. The van der Waals surface area contributed by atoms with Gasteiger partial charge in [0.05, 0.1) is 0 Å². The molecule has 2 aromatic rings. The zero-order valence-corrected chi connectivity index (χ0v) is 14.0. The molecule has 1 unspecified atom stereocenters. The lowest BCUT2D eigenvalue weighted by molar-refractivity contribution is 0.177. The molecule has 1 fully saturated rings. The molecule has 1 aromatic carbocycles. The van der Waals surface area contributed by atoms with Gasteiger partial charge in [-0.1, -0.05) is 13.0 Å². The van der Waals surface area contributed by atoms with Gasteiger partial charge in [-0.3, -0.25) is 4.90 Å². The summed E-state index contributed by atoms with van der Waals surface area (Å²) in [4.78, 5) is 13.1. The lowest BCUT2D eigenvalue weighted by atomic mass is 10.0. The highest BCUT2D eigenvalue weighted by molar-refractivity contribution is 5.31. The summed E-state index contributed by atoms with van der Waals surface area (Å²) in [5, 5.41) is 0. The number of hydrogen-bond donors (Lipinski definition) is 0. The van der Waals surface area contributed by atoms with Crippen LogP contribution in [0, 0.1) is 18.6 Å². The molecule has 0 amide bonds. The molecule has 0 radical (unpaired) electrons. The van der Waals surface area contributed by atoms with Gasteiger partial charge in [0.25, 0.3) is 0 Å². The molecule has 2 heterocycles. The van der Waals surface area contributed by atoms with E-state index in [1.54, 1.807) is 6.07 Å². The van der Waals surface area contributed by atoms with Gasteiger partial charge in [0.1, 0.15) is 11.6 Å². The van der Waals surface area contributed by atoms with Crippen LogP contribution in [-0.2, 0) is 0 Å². The van der Waals surface area contributed by atoms with Gasteiger partial charge in [0, 0.05) is 56.2 Å². The van der Waals surface area contributed by atoms with Crippen molar-refractivity contribution in [3.8, 4) is 0 Å². The summed E-state index contributed by atoms with van der Waals surface area (Å²) in [6.45, 7) is 7.18. The minimum Gasteiger partial charge on any atom is -0.338 e. The summed E-state index contributed by atoms with van der Waals surface area (Å²) in [6.07, 6.45) is 4.42. The molecule has 1 saturated heterocycles. The molecule has 0 saturated carbocycles. The number of rotatable bonds is 4. The smallest absolute Gasteiger partial charge is 0.225 e. The third kappa shape index (κ3) is 3.53. The van der Waals surface area contributed by atoms with Crippen LogP contribution in [0.5, 0.6) is 0 Å². The van der Waals surface area contributed by atoms with Gasteiger partial charge in [-0.05, 0) is 25.0 Å². The monoisotopic (exact) mass is 332 g/mol. The molecule has 0 aliphatic carbocycles. The summed E-state index contributed by atoms with van der Waals surface area (Å²) in [5.41, 5.74) is 1.61. The van der Waals surface area contributed by atoms with Gasteiger partial charge in [0.2, 0.25) is 5.95 Å². The molecular formula is C18H22F2N4. The molecule has 0 bridgehead atoms. The van der Waals surface area contributed by atoms with E-state index in [-0.39, 0.29) is 6.04 Å². The molecule has 4 nitrogen and oxygen atoms in total. The van der Waals surface area contributed by atoms with Crippen molar-refractivity contribution in [1.29, 1.82) is 0 Å². The maximum Gasteiger partial charge on any atom is 0.225 e.